The summed E-state index contributed by atoms with van der Waals surface area (Å²) in [6.07, 6.45) is 5.40. The van der Waals surface area contributed by atoms with Gasteiger partial charge in [0, 0.05) is 31.8 Å². The maximum absolute atomic E-state index is 8.67. The fraction of sp³-hybridized carbons (Fsp3) is 0.364. The maximum Gasteiger partial charge on any atom is 0.226 e. The minimum Gasteiger partial charge on any atom is -0.396 e. The van der Waals surface area contributed by atoms with Crippen molar-refractivity contribution in [3.05, 3.63) is 41.8 Å². The Morgan fingerprint density at radius 2 is 2.31 bits per heavy atom. The Hall–Kier alpha value is -1.75. The molecule has 0 bridgehead atoms. The third-order valence-corrected chi connectivity index (χ3v) is 2.14. The summed E-state index contributed by atoms with van der Waals surface area (Å²) in [7, 11) is 0. The first-order valence-electron chi connectivity index (χ1n) is 5.19. The number of aliphatic hydroxyl groups is 1. The van der Waals surface area contributed by atoms with Gasteiger partial charge in [0.25, 0.3) is 0 Å². The summed E-state index contributed by atoms with van der Waals surface area (Å²) in [6, 6.07) is 3.85. The first-order chi connectivity index (χ1) is 7.88. The molecule has 84 valence electrons. The Bertz CT molecular complexity index is 428. The highest BCUT2D eigenvalue weighted by molar-refractivity contribution is 5.13. The van der Waals surface area contributed by atoms with Gasteiger partial charge in [-0.3, -0.25) is 4.98 Å². The molecular formula is C11H13N3O2. The van der Waals surface area contributed by atoms with Gasteiger partial charge in [-0.1, -0.05) is 11.2 Å². The van der Waals surface area contributed by atoms with E-state index >= 15 is 0 Å². The van der Waals surface area contributed by atoms with Crippen molar-refractivity contribution in [1.29, 1.82) is 0 Å². The summed E-state index contributed by atoms with van der Waals surface area (Å²) < 4.78 is 5.05. The predicted octanol–water partition coefficient (Wildman–Crippen LogP) is 0.980. The lowest BCUT2D eigenvalue weighted by Crippen LogP contribution is -1.93. The standard InChI is InChI=1S/C11H13N3O2/c15-6-2-4-11-13-10(14-16-11)7-9-3-1-5-12-8-9/h1,3,5,8,15H,2,4,6-7H2. The van der Waals surface area contributed by atoms with E-state index in [0.717, 1.165) is 5.56 Å². The normalized spacial score (nSPS) is 10.6. The van der Waals surface area contributed by atoms with Crippen LogP contribution in [0.5, 0.6) is 0 Å². The average molecular weight is 219 g/mol. The van der Waals surface area contributed by atoms with Crippen molar-refractivity contribution in [3.63, 3.8) is 0 Å². The molecule has 2 aromatic rings. The minimum absolute atomic E-state index is 0.139. The van der Waals surface area contributed by atoms with Crippen LogP contribution in [0.3, 0.4) is 0 Å². The van der Waals surface area contributed by atoms with Crippen LogP contribution in [0.4, 0.5) is 0 Å². The van der Waals surface area contributed by atoms with Crippen molar-refractivity contribution >= 4 is 0 Å². The smallest absolute Gasteiger partial charge is 0.226 e. The zero-order chi connectivity index (χ0) is 11.2. The van der Waals surface area contributed by atoms with Gasteiger partial charge in [0.2, 0.25) is 5.89 Å². The van der Waals surface area contributed by atoms with Crippen molar-refractivity contribution in [3.8, 4) is 0 Å². The van der Waals surface area contributed by atoms with Gasteiger partial charge in [0.15, 0.2) is 5.82 Å². The monoisotopic (exact) mass is 219 g/mol. The molecule has 1 N–H and O–H groups in total. The van der Waals surface area contributed by atoms with Crippen LogP contribution in [-0.2, 0) is 12.8 Å². The van der Waals surface area contributed by atoms with Crippen molar-refractivity contribution in [2.75, 3.05) is 6.61 Å². The van der Waals surface area contributed by atoms with Gasteiger partial charge in [0.05, 0.1) is 0 Å². The summed E-state index contributed by atoms with van der Waals surface area (Å²) in [5.74, 6) is 1.23. The molecule has 0 saturated heterocycles. The van der Waals surface area contributed by atoms with Crippen molar-refractivity contribution in [2.24, 2.45) is 0 Å². The zero-order valence-corrected chi connectivity index (χ0v) is 8.83. The maximum atomic E-state index is 8.67. The van der Waals surface area contributed by atoms with Gasteiger partial charge in [-0.15, -0.1) is 0 Å². The van der Waals surface area contributed by atoms with E-state index in [0.29, 0.717) is 31.0 Å². The molecule has 16 heavy (non-hydrogen) atoms. The number of hydrogen-bond donors (Lipinski definition) is 1. The fourth-order valence-corrected chi connectivity index (χ4v) is 1.38. The summed E-state index contributed by atoms with van der Waals surface area (Å²) in [5.41, 5.74) is 1.05. The molecule has 0 spiro atoms. The average Bonchev–Trinajstić information content (AvgIpc) is 2.75. The summed E-state index contributed by atoms with van der Waals surface area (Å²) >= 11 is 0. The van der Waals surface area contributed by atoms with Gasteiger partial charge in [-0.25, -0.2) is 0 Å². The van der Waals surface area contributed by atoms with E-state index < -0.39 is 0 Å². The molecule has 0 amide bonds. The number of pyridine rings is 1. The van der Waals surface area contributed by atoms with Gasteiger partial charge >= 0.3 is 0 Å². The number of aromatic nitrogens is 3. The van der Waals surface area contributed by atoms with Gasteiger partial charge in [-0.05, 0) is 18.1 Å². The van der Waals surface area contributed by atoms with E-state index in [-0.39, 0.29) is 6.61 Å². The lowest BCUT2D eigenvalue weighted by atomic mass is 10.2. The molecule has 5 heteroatoms. The SMILES string of the molecule is OCCCc1nc(Cc2cccnc2)no1. The lowest BCUT2D eigenvalue weighted by molar-refractivity contribution is 0.278. The molecule has 0 saturated carbocycles. The highest BCUT2D eigenvalue weighted by Gasteiger charge is 2.06. The molecule has 0 unspecified atom stereocenters. The topological polar surface area (TPSA) is 72.0 Å². The highest BCUT2D eigenvalue weighted by Crippen LogP contribution is 2.06. The van der Waals surface area contributed by atoms with Crippen LogP contribution in [-0.4, -0.2) is 26.8 Å². The molecular weight excluding hydrogens is 206 g/mol. The molecule has 0 aromatic carbocycles. The van der Waals surface area contributed by atoms with Crippen LogP contribution in [0, 0.1) is 0 Å². The number of nitrogens with zero attached hydrogens (tertiary/aromatic N) is 3. The Balaban J connectivity index is 1.97. The second kappa shape index (κ2) is 5.37. The van der Waals surface area contributed by atoms with E-state index in [1.54, 1.807) is 12.4 Å². The summed E-state index contributed by atoms with van der Waals surface area (Å²) in [4.78, 5) is 8.24. The first-order valence-corrected chi connectivity index (χ1v) is 5.19. The minimum atomic E-state index is 0.139. The zero-order valence-electron chi connectivity index (χ0n) is 8.83. The molecule has 0 fully saturated rings. The number of aliphatic hydroxyl groups excluding tert-OH is 1. The van der Waals surface area contributed by atoms with Crippen molar-refractivity contribution in [1.82, 2.24) is 15.1 Å². The van der Waals surface area contributed by atoms with Crippen LogP contribution in [0.2, 0.25) is 0 Å². The molecule has 2 rings (SSSR count). The molecule has 0 radical (unpaired) electrons. The van der Waals surface area contributed by atoms with Crippen LogP contribution >= 0.6 is 0 Å². The van der Waals surface area contributed by atoms with Crippen LogP contribution in [0.15, 0.2) is 29.0 Å². The highest BCUT2D eigenvalue weighted by atomic mass is 16.5. The largest absolute Gasteiger partial charge is 0.396 e. The molecule has 0 aliphatic heterocycles. The Morgan fingerprint density at radius 1 is 1.38 bits per heavy atom. The van der Waals surface area contributed by atoms with E-state index in [1.807, 2.05) is 12.1 Å². The van der Waals surface area contributed by atoms with E-state index in [4.69, 9.17) is 9.63 Å². The van der Waals surface area contributed by atoms with E-state index in [2.05, 4.69) is 15.1 Å². The molecule has 2 aromatic heterocycles. The number of aryl methyl sites for hydroxylation is 1. The Kier molecular flexibility index (Phi) is 3.61. The van der Waals surface area contributed by atoms with Crippen molar-refractivity contribution in [2.45, 2.75) is 19.3 Å². The molecule has 2 heterocycles. The second-order valence-corrected chi connectivity index (χ2v) is 3.47. The third-order valence-electron chi connectivity index (χ3n) is 2.14. The number of hydrogen-bond acceptors (Lipinski definition) is 5. The van der Waals surface area contributed by atoms with E-state index in [1.165, 1.54) is 0 Å². The number of rotatable bonds is 5. The van der Waals surface area contributed by atoms with Gasteiger partial charge in [-0.2, -0.15) is 4.98 Å². The Morgan fingerprint density at radius 3 is 3.06 bits per heavy atom. The molecule has 0 atom stereocenters. The van der Waals surface area contributed by atoms with Gasteiger partial charge < -0.3 is 9.63 Å². The quantitative estimate of drug-likeness (QED) is 0.811. The predicted molar refractivity (Wildman–Crippen MR) is 56.7 cm³/mol. The molecule has 0 aliphatic carbocycles. The molecule has 0 aliphatic rings. The van der Waals surface area contributed by atoms with Gasteiger partial charge in [0.1, 0.15) is 0 Å². The fourth-order valence-electron chi connectivity index (χ4n) is 1.38. The summed E-state index contributed by atoms with van der Waals surface area (Å²) in [5, 5.41) is 12.5. The van der Waals surface area contributed by atoms with Crippen LogP contribution in [0.25, 0.3) is 0 Å². The molecule has 5 nitrogen and oxygen atoms in total. The second-order valence-electron chi connectivity index (χ2n) is 3.47. The Labute approximate surface area is 93.1 Å². The van der Waals surface area contributed by atoms with E-state index in [9.17, 15) is 0 Å². The first kappa shape index (κ1) is 10.8. The lowest BCUT2D eigenvalue weighted by Gasteiger charge is -1.93. The van der Waals surface area contributed by atoms with Crippen LogP contribution in [0.1, 0.15) is 23.7 Å². The third kappa shape index (κ3) is 2.87. The summed E-state index contributed by atoms with van der Waals surface area (Å²) in [6.45, 7) is 0.139. The van der Waals surface area contributed by atoms with Crippen LogP contribution < -0.4 is 0 Å². The van der Waals surface area contributed by atoms with Crippen molar-refractivity contribution < 1.29 is 9.63 Å².